The number of nitrogens with zero attached hydrogens (tertiary/aromatic N) is 3. The third-order valence-corrected chi connectivity index (χ3v) is 4.76. The van der Waals surface area contributed by atoms with E-state index in [9.17, 15) is 0 Å². The molecule has 0 aliphatic carbocycles. The monoisotopic (exact) mass is 618 g/mol. The summed E-state index contributed by atoms with van der Waals surface area (Å²) in [6.07, 6.45) is 5.55. The number of rotatable bonds is 5. The molecular formula is C26H18ClN3OPt. The number of hydrogen-bond donors (Lipinski definition) is 0. The van der Waals surface area contributed by atoms with Crippen molar-refractivity contribution in [1.29, 1.82) is 0 Å². The Morgan fingerprint density at radius 1 is 0.719 bits per heavy atom. The third-order valence-electron chi connectivity index (χ3n) is 4.76. The summed E-state index contributed by atoms with van der Waals surface area (Å²) in [6.45, 7) is 0. The van der Waals surface area contributed by atoms with Crippen molar-refractivity contribution in [2.24, 2.45) is 0 Å². The van der Waals surface area contributed by atoms with Crippen LogP contribution in [0.2, 0.25) is 0 Å². The number of aromatic nitrogens is 3. The van der Waals surface area contributed by atoms with Crippen molar-refractivity contribution >= 4 is 9.42 Å². The molecule has 160 valence electrons. The van der Waals surface area contributed by atoms with Crippen molar-refractivity contribution in [3.63, 3.8) is 0 Å². The van der Waals surface area contributed by atoms with Crippen molar-refractivity contribution < 1.29 is 23.5 Å². The molecule has 0 bridgehead atoms. The second-order valence-electron chi connectivity index (χ2n) is 6.79. The molecule has 0 aliphatic rings. The quantitative estimate of drug-likeness (QED) is 0.202. The molecule has 0 radical (unpaired) electrons. The maximum Gasteiger partial charge on any atom is 0.216 e. The van der Waals surface area contributed by atoms with Gasteiger partial charge in [0.2, 0.25) is 5.88 Å². The Balaban J connectivity index is 0.00000119. The predicted molar refractivity (Wildman–Crippen MR) is 123 cm³/mol. The molecule has 2 aromatic heterocycles. The Labute approximate surface area is 202 Å². The van der Waals surface area contributed by atoms with Gasteiger partial charge in [-0.1, -0.05) is 60.7 Å². The van der Waals surface area contributed by atoms with Crippen LogP contribution in [0.25, 0.3) is 27.9 Å². The van der Waals surface area contributed by atoms with E-state index < -0.39 is 0 Å². The minimum atomic E-state index is 0.533. The van der Waals surface area contributed by atoms with E-state index in [1.54, 1.807) is 29.7 Å². The molecular weight excluding hydrogens is 601 g/mol. The van der Waals surface area contributed by atoms with Crippen molar-refractivity contribution in [1.82, 2.24) is 14.8 Å². The Kier molecular flexibility index (Phi) is 7.50. The summed E-state index contributed by atoms with van der Waals surface area (Å²) in [5.74, 6) is 1.13. The SMILES string of the molecule is [Cl][Pt+].[c-]1c(Oc2ccccn2)cccc1-n1cc(-c2ccc(-c3ccccc3)cc2)cn1. The summed E-state index contributed by atoms with van der Waals surface area (Å²) < 4.78 is 7.58. The average molecular weight is 619 g/mol. The van der Waals surface area contributed by atoms with Crippen LogP contribution in [0.15, 0.2) is 110 Å². The first-order valence-electron chi connectivity index (χ1n) is 9.79. The summed E-state index contributed by atoms with van der Waals surface area (Å²) in [5.41, 5.74) is 5.36. The smallest absolute Gasteiger partial charge is 0.216 e. The molecule has 5 rings (SSSR count). The van der Waals surface area contributed by atoms with Gasteiger partial charge >= 0.3 is 28.2 Å². The fraction of sp³-hybridized carbons (Fsp3) is 0. The van der Waals surface area contributed by atoms with Crippen LogP contribution in [0, 0.1) is 6.07 Å². The fourth-order valence-electron chi connectivity index (χ4n) is 3.24. The molecule has 0 saturated carbocycles. The van der Waals surface area contributed by atoms with Crippen LogP contribution in [0.3, 0.4) is 0 Å². The van der Waals surface area contributed by atoms with E-state index in [1.165, 1.54) is 11.1 Å². The molecule has 3 aromatic carbocycles. The molecule has 0 N–H and O–H groups in total. The largest absolute Gasteiger partial charge is 0.466 e. The molecule has 32 heavy (non-hydrogen) atoms. The van der Waals surface area contributed by atoms with E-state index in [1.807, 2.05) is 54.9 Å². The van der Waals surface area contributed by atoms with Crippen LogP contribution in [0.4, 0.5) is 0 Å². The van der Waals surface area contributed by atoms with Crippen LogP contribution in [-0.2, 0) is 18.8 Å². The minimum absolute atomic E-state index is 0.533. The Hall–Kier alpha value is -3.20. The maximum absolute atomic E-state index is 5.78. The van der Waals surface area contributed by atoms with Gasteiger partial charge in [-0.3, -0.25) is 4.68 Å². The van der Waals surface area contributed by atoms with Crippen molar-refractivity contribution in [2.45, 2.75) is 0 Å². The molecule has 5 aromatic rings. The van der Waals surface area contributed by atoms with E-state index in [0.717, 1.165) is 16.8 Å². The number of ether oxygens (including phenoxy) is 1. The van der Waals surface area contributed by atoms with Gasteiger partial charge in [-0.05, 0) is 28.4 Å². The molecule has 0 amide bonds. The molecule has 0 spiro atoms. The Morgan fingerprint density at radius 2 is 1.41 bits per heavy atom. The zero-order valence-corrected chi connectivity index (χ0v) is 19.9. The first-order valence-corrected chi connectivity index (χ1v) is 12.6. The average Bonchev–Trinajstić information content (AvgIpc) is 3.37. The molecule has 6 heteroatoms. The minimum Gasteiger partial charge on any atom is -0.466 e. The van der Waals surface area contributed by atoms with E-state index >= 15 is 0 Å². The third kappa shape index (κ3) is 5.34. The molecule has 0 fully saturated rings. The Bertz CT molecular complexity index is 1260. The van der Waals surface area contributed by atoms with Gasteiger partial charge in [0.25, 0.3) is 0 Å². The van der Waals surface area contributed by atoms with E-state index in [4.69, 9.17) is 4.74 Å². The van der Waals surface area contributed by atoms with Gasteiger partial charge in [0.15, 0.2) is 0 Å². The first-order chi connectivity index (χ1) is 15.8. The van der Waals surface area contributed by atoms with Gasteiger partial charge in [-0.15, -0.1) is 18.2 Å². The summed E-state index contributed by atoms with van der Waals surface area (Å²) in [4.78, 5) is 4.18. The van der Waals surface area contributed by atoms with Crippen LogP contribution < -0.4 is 4.74 Å². The van der Waals surface area contributed by atoms with Crippen LogP contribution in [0.1, 0.15) is 0 Å². The summed E-state index contributed by atoms with van der Waals surface area (Å²) >= 11 is 1.61. The van der Waals surface area contributed by atoms with E-state index in [-0.39, 0.29) is 0 Å². The molecule has 0 saturated heterocycles. The standard InChI is InChI=1S/C26H18N3O.ClH.Pt/c1-2-7-20(8-3-1)21-12-14-22(15-13-21)23-18-28-29(19-23)24-9-6-10-25(17-24)30-26-11-4-5-16-27-26;;/h1-16,18-19H;1H;/q-1;;+2/p-1. The van der Waals surface area contributed by atoms with E-state index in [0.29, 0.717) is 11.6 Å². The van der Waals surface area contributed by atoms with E-state index in [2.05, 4.69) is 74.1 Å². The number of hydrogen-bond acceptors (Lipinski definition) is 3. The van der Waals surface area contributed by atoms with Gasteiger partial charge in [-0.2, -0.15) is 11.2 Å². The topological polar surface area (TPSA) is 39.9 Å². The van der Waals surface area contributed by atoms with Gasteiger partial charge in [0, 0.05) is 29.8 Å². The molecule has 0 unspecified atom stereocenters. The second kappa shape index (κ2) is 10.9. The van der Waals surface area contributed by atoms with Gasteiger partial charge in [-0.25, -0.2) is 4.98 Å². The van der Waals surface area contributed by atoms with Crippen molar-refractivity contribution in [3.05, 3.63) is 116 Å². The normalized spacial score (nSPS) is 10.2. The summed E-state index contributed by atoms with van der Waals surface area (Å²) in [6, 6.07) is 33.4. The van der Waals surface area contributed by atoms with Gasteiger partial charge < -0.3 is 4.74 Å². The zero-order valence-electron chi connectivity index (χ0n) is 16.8. The first kappa shape index (κ1) is 22.0. The molecule has 2 heterocycles. The predicted octanol–water partition coefficient (Wildman–Crippen LogP) is 6.88. The molecule has 4 nitrogen and oxygen atoms in total. The number of halogens is 1. The van der Waals surface area contributed by atoms with Crippen LogP contribution in [-0.4, -0.2) is 14.8 Å². The summed E-state index contributed by atoms with van der Waals surface area (Å²) in [5, 5.41) is 4.51. The number of pyridine rings is 1. The van der Waals surface area contributed by atoms with Crippen molar-refractivity contribution in [2.75, 3.05) is 0 Å². The van der Waals surface area contributed by atoms with Crippen molar-refractivity contribution in [3.8, 4) is 39.6 Å². The molecule has 0 aliphatic heterocycles. The second-order valence-corrected chi connectivity index (χ2v) is 6.79. The Morgan fingerprint density at radius 3 is 2.12 bits per heavy atom. The van der Waals surface area contributed by atoms with Crippen LogP contribution in [0.5, 0.6) is 11.6 Å². The molecule has 0 atom stereocenters. The van der Waals surface area contributed by atoms with Gasteiger partial charge in [0.05, 0.1) is 6.20 Å². The van der Waals surface area contributed by atoms with Crippen LogP contribution >= 0.6 is 9.42 Å². The fourth-order valence-corrected chi connectivity index (χ4v) is 3.24. The number of benzene rings is 3. The van der Waals surface area contributed by atoms with Gasteiger partial charge in [0.1, 0.15) is 0 Å². The summed E-state index contributed by atoms with van der Waals surface area (Å²) in [7, 11) is 4.61. The zero-order chi connectivity index (χ0) is 22.2. The maximum atomic E-state index is 5.78.